The van der Waals surface area contributed by atoms with Crippen LogP contribution in [0.4, 0.5) is 0 Å². The van der Waals surface area contributed by atoms with E-state index >= 15 is 0 Å². The number of esters is 1. The number of carbonyl (C=O) groups excluding carboxylic acids is 2. The fourth-order valence-electron chi connectivity index (χ4n) is 2.95. The number of hydrogen-bond acceptors (Lipinski definition) is 3. The molecule has 0 spiro atoms. The molecule has 0 aromatic heterocycles. The van der Waals surface area contributed by atoms with Gasteiger partial charge in [-0.15, -0.1) is 0 Å². The van der Waals surface area contributed by atoms with E-state index in [1.807, 2.05) is 34.6 Å². The second kappa shape index (κ2) is 5.29. The first kappa shape index (κ1) is 18.0. The van der Waals surface area contributed by atoms with Gasteiger partial charge in [0.2, 0.25) is 5.91 Å². The van der Waals surface area contributed by atoms with Gasteiger partial charge >= 0.3 is 5.97 Å². The van der Waals surface area contributed by atoms with Gasteiger partial charge in [-0.25, -0.2) is 4.79 Å². The summed E-state index contributed by atoms with van der Waals surface area (Å²) in [5.41, 5.74) is -0.619. The number of carbonyl (C=O) groups is 2. The summed E-state index contributed by atoms with van der Waals surface area (Å²) in [6, 6.07) is -0.594. The number of rotatable bonds is 4. The van der Waals surface area contributed by atoms with Crippen LogP contribution in [0, 0.1) is 22.7 Å². The molecule has 0 radical (unpaired) electrons. The highest BCUT2D eigenvalue weighted by Crippen LogP contribution is 2.68. The van der Waals surface area contributed by atoms with Crippen LogP contribution >= 0.6 is 0 Å². The van der Waals surface area contributed by atoms with Gasteiger partial charge in [-0.05, 0) is 37.5 Å². The Morgan fingerprint density at radius 3 is 1.76 bits per heavy atom. The normalized spacial score (nSPS) is 21.8. The molecule has 1 amide bonds. The Bertz CT molecular complexity index is 416. The average Bonchev–Trinajstić information content (AvgIpc) is 2.62. The zero-order chi connectivity index (χ0) is 16.8. The summed E-state index contributed by atoms with van der Waals surface area (Å²) in [6.07, 6.45) is 0. The monoisotopic (exact) mass is 297 g/mol. The minimum Gasteiger partial charge on any atom is -0.458 e. The third kappa shape index (κ3) is 3.58. The van der Waals surface area contributed by atoms with Crippen LogP contribution in [0.2, 0.25) is 0 Å². The van der Waals surface area contributed by atoms with E-state index in [0.717, 1.165) is 0 Å². The summed E-state index contributed by atoms with van der Waals surface area (Å²) in [7, 11) is 0. The molecule has 21 heavy (non-hydrogen) atoms. The summed E-state index contributed by atoms with van der Waals surface area (Å²) in [5.74, 6) is -0.473. The summed E-state index contributed by atoms with van der Waals surface area (Å²) in [5, 5.41) is 2.90. The zero-order valence-electron chi connectivity index (χ0n) is 15.0. The molecule has 1 N–H and O–H groups in total. The highest BCUT2D eigenvalue weighted by atomic mass is 16.6. The molecule has 0 saturated heterocycles. The molecule has 1 rings (SSSR count). The smallest absolute Gasteiger partial charge is 0.329 e. The molecule has 1 saturated carbocycles. The number of nitrogens with one attached hydrogen (secondary N) is 1. The minimum atomic E-state index is -0.594. The first-order valence-corrected chi connectivity index (χ1v) is 7.75. The van der Waals surface area contributed by atoms with Crippen LogP contribution in [0.5, 0.6) is 0 Å². The summed E-state index contributed by atoms with van der Waals surface area (Å²) < 4.78 is 5.41. The van der Waals surface area contributed by atoms with Crippen molar-refractivity contribution in [1.29, 1.82) is 0 Å². The first-order chi connectivity index (χ1) is 9.22. The number of amides is 1. The molecule has 0 aliphatic heterocycles. The van der Waals surface area contributed by atoms with Crippen molar-refractivity contribution in [2.45, 2.75) is 74.0 Å². The van der Waals surface area contributed by atoms with Gasteiger partial charge in [-0.3, -0.25) is 4.79 Å². The van der Waals surface area contributed by atoms with Crippen LogP contribution in [-0.2, 0) is 14.3 Å². The summed E-state index contributed by atoms with van der Waals surface area (Å²) >= 11 is 0. The van der Waals surface area contributed by atoms with Crippen molar-refractivity contribution in [3.8, 4) is 0 Å². The molecule has 0 heterocycles. The van der Waals surface area contributed by atoms with Gasteiger partial charge in [0.25, 0.3) is 0 Å². The molecule has 122 valence electrons. The molecular weight excluding hydrogens is 266 g/mol. The highest BCUT2D eigenvalue weighted by molar-refractivity contribution is 5.89. The number of ether oxygens (including phenoxy) is 1. The molecule has 4 heteroatoms. The standard InChI is InChI=1S/C17H31NO3/c1-10(2)11(14(20)21-15(3,4)5)18-13(19)12-16(6,7)17(12,8)9/h10-12H,1-9H3,(H,18,19)/t11-/m1/s1. The van der Waals surface area contributed by atoms with Crippen molar-refractivity contribution in [2.24, 2.45) is 22.7 Å². The van der Waals surface area contributed by atoms with E-state index in [-0.39, 0.29) is 34.5 Å². The van der Waals surface area contributed by atoms with E-state index in [9.17, 15) is 9.59 Å². The van der Waals surface area contributed by atoms with Crippen molar-refractivity contribution in [3.63, 3.8) is 0 Å². The van der Waals surface area contributed by atoms with Crippen molar-refractivity contribution < 1.29 is 14.3 Å². The maximum Gasteiger partial charge on any atom is 0.329 e. The summed E-state index contributed by atoms with van der Waals surface area (Å²) in [4.78, 5) is 24.8. The Balaban J connectivity index is 2.77. The van der Waals surface area contributed by atoms with Crippen LogP contribution < -0.4 is 5.32 Å². The predicted octanol–water partition coefficient (Wildman–Crippen LogP) is 3.15. The van der Waals surface area contributed by atoms with Crippen LogP contribution in [0.25, 0.3) is 0 Å². The van der Waals surface area contributed by atoms with E-state index in [4.69, 9.17) is 4.74 Å². The summed E-state index contributed by atoms with van der Waals surface area (Å²) in [6.45, 7) is 17.7. The molecule has 0 unspecified atom stereocenters. The lowest BCUT2D eigenvalue weighted by molar-refractivity contribution is -0.160. The largest absolute Gasteiger partial charge is 0.458 e. The van der Waals surface area contributed by atoms with Crippen molar-refractivity contribution >= 4 is 11.9 Å². The zero-order valence-corrected chi connectivity index (χ0v) is 15.0. The van der Waals surface area contributed by atoms with E-state index in [1.165, 1.54) is 0 Å². The van der Waals surface area contributed by atoms with Gasteiger partial charge < -0.3 is 10.1 Å². The lowest BCUT2D eigenvalue weighted by atomic mass is 10.0. The first-order valence-electron chi connectivity index (χ1n) is 7.75. The van der Waals surface area contributed by atoms with Crippen LogP contribution in [0.3, 0.4) is 0 Å². The molecule has 0 aromatic carbocycles. The second-order valence-corrected chi connectivity index (χ2v) is 8.64. The quantitative estimate of drug-likeness (QED) is 0.811. The van der Waals surface area contributed by atoms with Gasteiger partial charge in [0, 0.05) is 5.92 Å². The van der Waals surface area contributed by atoms with Gasteiger partial charge in [-0.2, -0.15) is 0 Å². The van der Waals surface area contributed by atoms with Gasteiger partial charge in [0.1, 0.15) is 11.6 Å². The topological polar surface area (TPSA) is 55.4 Å². The van der Waals surface area contributed by atoms with E-state index in [1.54, 1.807) is 0 Å². The maximum atomic E-state index is 12.5. The molecule has 0 bridgehead atoms. The molecule has 1 aliphatic carbocycles. The minimum absolute atomic E-state index is 0.00576. The second-order valence-electron chi connectivity index (χ2n) is 8.64. The number of hydrogen-bond donors (Lipinski definition) is 1. The third-order valence-electron chi connectivity index (χ3n) is 4.91. The lowest BCUT2D eigenvalue weighted by Crippen LogP contribution is -2.48. The van der Waals surface area contributed by atoms with Crippen molar-refractivity contribution in [2.75, 3.05) is 0 Å². The Hall–Kier alpha value is -1.06. The van der Waals surface area contributed by atoms with Crippen LogP contribution in [0.1, 0.15) is 62.3 Å². The van der Waals surface area contributed by atoms with Crippen LogP contribution in [-0.4, -0.2) is 23.5 Å². The maximum absolute atomic E-state index is 12.5. The Labute approximate surface area is 129 Å². The fourth-order valence-corrected chi connectivity index (χ4v) is 2.95. The molecule has 1 fully saturated rings. The molecular formula is C17H31NO3. The van der Waals surface area contributed by atoms with Gasteiger partial charge in [-0.1, -0.05) is 41.5 Å². The molecule has 1 aliphatic rings. The highest BCUT2D eigenvalue weighted by Gasteiger charge is 2.68. The third-order valence-corrected chi connectivity index (χ3v) is 4.91. The van der Waals surface area contributed by atoms with E-state index in [2.05, 4.69) is 33.0 Å². The van der Waals surface area contributed by atoms with E-state index in [0.29, 0.717) is 0 Å². The molecule has 4 nitrogen and oxygen atoms in total. The van der Waals surface area contributed by atoms with Crippen molar-refractivity contribution in [3.05, 3.63) is 0 Å². The van der Waals surface area contributed by atoms with Crippen LogP contribution in [0.15, 0.2) is 0 Å². The molecule has 1 atom stereocenters. The Morgan fingerprint density at radius 2 is 1.48 bits per heavy atom. The van der Waals surface area contributed by atoms with Gasteiger partial charge in [0.15, 0.2) is 0 Å². The van der Waals surface area contributed by atoms with Gasteiger partial charge in [0.05, 0.1) is 0 Å². The Morgan fingerprint density at radius 1 is 1.05 bits per heavy atom. The van der Waals surface area contributed by atoms with Crippen molar-refractivity contribution in [1.82, 2.24) is 5.32 Å². The Kier molecular flexibility index (Phi) is 4.53. The SMILES string of the molecule is CC(C)[C@@H](NC(=O)C1C(C)(C)C1(C)C)C(=O)OC(C)(C)C. The average molecular weight is 297 g/mol. The lowest BCUT2D eigenvalue weighted by Gasteiger charge is -2.26. The molecule has 0 aromatic rings. The predicted molar refractivity (Wildman–Crippen MR) is 83.7 cm³/mol. The fraction of sp³-hybridized carbons (Fsp3) is 0.882. The van der Waals surface area contributed by atoms with E-state index < -0.39 is 11.6 Å².